The average molecular weight is 392 g/mol. The van der Waals surface area contributed by atoms with Gasteiger partial charge in [-0.3, -0.25) is 4.79 Å². The van der Waals surface area contributed by atoms with Crippen LogP contribution in [-0.4, -0.2) is 19.1 Å². The van der Waals surface area contributed by atoms with Crippen molar-refractivity contribution >= 4 is 17.7 Å². The minimum Gasteiger partial charge on any atom is -0.492 e. The molecule has 0 aliphatic heterocycles. The number of carbonyl (C=O) groups is 1. The van der Waals surface area contributed by atoms with Crippen LogP contribution in [0.4, 0.5) is 0 Å². The zero-order valence-electron chi connectivity index (χ0n) is 16.3. The van der Waals surface area contributed by atoms with Gasteiger partial charge in [0.2, 0.25) is 0 Å². The third-order valence-electron chi connectivity index (χ3n) is 4.50. The third-order valence-corrected chi connectivity index (χ3v) is 5.65. The second kappa shape index (κ2) is 10.00. The molecule has 144 valence electrons. The maximum absolute atomic E-state index is 12.6. The van der Waals surface area contributed by atoms with Crippen LogP contribution in [0.2, 0.25) is 0 Å². The van der Waals surface area contributed by atoms with E-state index in [0.717, 1.165) is 16.4 Å². The van der Waals surface area contributed by atoms with E-state index in [1.807, 2.05) is 60.7 Å². The van der Waals surface area contributed by atoms with Gasteiger partial charge in [0.05, 0.1) is 12.1 Å². The number of amides is 1. The van der Waals surface area contributed by atoms with Gasteiger partial charge in [-0.1, -0.05) is 48.5 Å². The van der Waals surface area contributed by atoms with E-state index in [9.17, 15) is 4.79 Å². The second-order valence-electron chi connectivity index (χ2n) is 6.62. The van der Waals surface area contributed by atoms with E-state index >= 15 is 0 Å². The maximum Gasteiger partial charge on any atom is 0.252 e. The second-order valence-corrected chi connectivity index (χ2v) is 7.64. The highest BCUT2D eigenvalue weighted by molar-refractivity contribution is 7.98. The normalized spacial score (nSPS) is 10.5. The van der Waals surface area contributed by atoms with Crippen molar-refractivity contribution in [1.82, 2.24) is 5.32 Å². The van der Waals surface area contributed by atoms with Crippen LogP contribution in [-0.2, 0) is 5.75 Å². The molecule has 3 aromatic rings. The summed E-state index contributed by atoms with van der Waals surface area (Å²) >= 11 is 1.68. The Morgan fingerprint density at radius 3 is 2.46 bits per heavy atom. The fraction of sp³-hybridized carbons (Fsp3) is 0.208. The topological polar surface area (TPSA) is 38.3 Å². The maximum atomic E-state index is 12.6. The summed E-state index contributed by atoms with van der Waals surface area (Å²) in [5.74, 6) is 1.59. The molecule has 1 N–H and O–H groups in total. The summed E-state index contributed by atoms with van der Waals surface area (Å²) in [7, 11) is 0. The summed E-state index contributed by atoms with van der Waals surface area (Å²) in [6, 6.07) is 24.0. The molecule has 0 heterocycles. The van der Waals surface area contributed by atoms with Crippen molar-refractivity contribution < 1.29 is 9.53 Å². The molecular formula is C24H25NO2S. The van der Waals surface area contributed by atoms with Crippen LogP contribution < -0.4 is 10.1 Å². The van der Waals surface area contributed by atoms with E-state index in [-0.39, 0.29) is 5.91 Å². The number of thioether (sulfide) groups is 1. The van der Waals surface area contributed by atoms with Gasteiger partial charge in [0, 0.05) is 10.6 Å². The Morgan fingerprint density at radius 2 is 1.68 bits per heavy atom. The van der Waals surface area contributed by atoms with Gasteiger partial charge in [-0.05, 0) is 54.8 Å². The molecule has 4 heteroatoms. The molecular weight excluding hydrogens is 366 g/mol. The molecule has 0 radical (unpaired) electrons. The molecule has 3 rings (SSSR count). The Hall–Kier alpha value is -2.72. The van der Waals surface area contributed by atoms with Crippen molar-refractivity contribution in [3.63, 3.8) is 0 Å². The number of aryl methyl sites for hydroxylation is 2. The number of nitrogens with one attached hydrogen (secondary N) is 1. The SMILES string of the molecule is Cc1ccc(OCCNC(=O)c2ccccc2SCc2ccccc2)cc1C. The summed E-state index contributed by atoms with van der Waals surface area (Å²) in [5.41, 5.74) is 4.38. The number of hydrogen-bond donors (Lipinski definition) is 1. The highest BCUT2D eigenvalue weighted by atomic mass is 32.2. The van der Waals surface area contributed by atoms with E-state index in [1.54, 1.807) is 11.8 Å². The molecule has 1 amide bonds. The predicted molar refractivity (Wildman–Crippen MR) is 116 cm³/mol. The summed E-state index contributed by atoms with van der Waals surface area (Å²) in [6.45, 7) is 5.04. The Bertz CT molecular complexity index is 925. The van der Waals surface area contributed by atoms with Crippen LogP contribution in [0, 0.1) is 13.8 Å². The molecule has 0 aromatic heterocycles. The first-order valence-electron chi connectivity index (χ1n) is 9.37. The van der Waals surface area contributed by atoms with Gasteiger partial charge < -0.3 is 10.1 Å². The van der Waals surface area contributed by atoms with E-state index in [2.05, 4.69) is 31.3 Å². The first-order valence-corrected chi connectivity index (χ1v) is 10.4. The highest BCUT2D eigenvalue weighted by Gasteiger charge is 2.11. The van der Waals surface area contributed by atoms with Crippen LogP contribution in [0.3, 0.4) is 0 Å². The van der Waals surface area contributed by atoms with Crippen molar-refractivity contribution in [2.24, 2.45) is 0 Å². The molecule has 28 heavy (non-hydrogen) atoms. The number of ether oxygens (including phenoxy) is 1. The molecule has 3 aromatic carbocycles. The van der Waals surface area contributed by atoms with Crippen molar-refractivity contribution in [3.8, 4) is 5.75 Å². The Morgan fingerprint density at radius 1 is 0.929 bits per heavy atom. The van der Waals surface area contributed by atoms with Crippen molar-refractivity contribution in [3.05, 3.63) is 95.1 Å². The number of hydrogen-bond acceptors (Lipinski definition) is 3. The summed E-state index contributed by atoms with van der Waals surface area (Å²) in [6.07, 6.45) is 0. The lowest BCUT2D eigenvalue weighted by Gasteiger charge is -2.11. The molecule has 3 nitrogen and oxygen atoms in total. The Kier molecular flexibility index (Phi) is 7.15. The Labute approximate surface area is 171 Å². The van der Waals surface area contributed by atoms with Gasteiger partial charge >= 0.3 is 0 Å². The molecule has 0 spiro atoms. The minimum atomic E-state index is -0.0696. The predicted octanol–water partition coefficient (Wildman–Crippen LogP) is 5.40. The lowest BCUT2D eigenvalue weighted by molar-refractivity contribution is 0.0944. The van der Waals surface area contributed by atoms with Gasteiger partial charge in [0.1, 0.15) is 12.4 Å². The smallest absolute Gasteiger partial charge is 0.252 e. The van der Waals surface area contributed by atoms with Crippen LogP contribution in [0.15, 0.2) is 77.7 Å². The lowest BCUT2D eigenvalue weighted by atomic mass is 10.1. The molecule has 0 saturated heterocycles. The van der Waals surface area contributed by atoms with Crippen LogP contribution >= 0.6 is 11.8 Å². The third kappa shape index (κ3) is 5.64. The van der Waals surface area contributed by atoms with E-state index < -0.39 is 0 Å². The molecule has 0 saturated carbocycles. The zero-order chi connectivity index (χ0) is 19.8. The minimum absolute atomic E-state index is 0.0696. The molecule has 0 bridgehead atoms. The van der Waals surface area contributed by atoms with Gasteiger partial charge in [-0.2, -0.15) is 0 Å². The van der Waals surface area contributed by atoms with Gasteiger partial charge in [-0.25, -0.2) is 0 Å². The van der Waals surface area contributed by atoms with Gasteiger partial charge in [-0.15, -0.1) is 11.8 Å². The van der Waals surface area contributed by atoms with Crippen molar-refractivity contribution in [1.29, 1.82) is 0 Å². The average Bonchev–Trinajstić information content (AvgIpc) is 2.73. The number of carbonyl (C=O) groups excluding carboxylic acids is 1. The fourth-order valence-electron chi connectivity index (χ4n) is 2.75. The summed E-state index contributed by atoms with van der Waals surface area (Å²) < 4.78 is 5.74. The van der Waals surface area contributed by atoms with Crippen molar-refractivity contribution in [2.75, 3.05) is 13.2 Å². The lowest BCUT2D eigenvalue weighted by Crippen LogP contribution is -2.28. The number of rotatable bonds is 8. The largest absolute Gasteiger partial charge is 0.492 e. The zero-order valence-corrected chi connectivity index (χ0v) is 17.1. The van der Waals surface area contributed by atoms with E-state index in [1.165, 1.54) is 16.7 Å². The highest BCUT2D eigenvalue weighted by Crippen LogP contribution is 2.26. The van der Waals surface area contributed by atoms with E-state index in [4.69, 9.17) is 4.74 Å². The first kappa shape index (κ1) is 20.0. The summed E-state index contributed by atoms with van der Waals surface area (Å²) in [5, 5.41) is 2.96. The molecule has 0 unspecified atom stereocenters. The van der Waals surface area contributed by atoms with Crippen LogP contribution in [0.25, 0.3) is 0 Å². The molecule has 0 atom stereocenters. The summed E-state index contributed by atoms with van der Waals surface area (Å²) in [4.78, 5) is 13.6. The Balaban J connectivity index is 1.52. The monoisotopic (exact) mass is 391 g/mol. The quantitative estimate of drug-likeness (QED) is 0.412. The van der Waals surface area contributed by atoms with E-state index in [0.29, 0.717) is 18.7 Å². The fourth-order valence-corrected chi connectivity index (χ4v) is 3.75. The van der Waals surface area contributed by atoms with Crippen molar-refractivity contribution in [2.45, 2.75) is 24.5 Å². The number of benzene rings is 3. The molecule has 0 aliphatic carbocycles. The van der Waals surface area contributed by atoms with Crippen LogP contribution in [0.1, 0.15) is 27.0 Å². The standard InChI is InChI=1S/C24H25NO2S/c1-18-12-13-21(16-19(18)2)27-15-14-25-24(26)22-10-6-7-11-23(22)28-17-20-8-4-3-5-9-20/h3-13,16H,14-15,17H2,1-2H3,(H,25,26). The first-order chi connectivity index (χ1) is 13.6. The van der Waals surface area contributed by atoms with Gasteiger partial charge in [0.25, 0.3) is 5.91 Å². The van der Waals surface area contributed by atoms with Crippen LogP contribution in [0.5, 0.6) is 5.75 Å². The molecule has 0 fully saturated rings. The molecule has 0 aliphatic rings. The van der Waals surface area contributed by atoms with Gasteiger partial charge in [0.15, 0.2) is 0 Å².